The molecule has 0 radical (unpaired) electrons. The lowest BCUT2D eigenvalue weighted by atomic mass is 9.82. The molecule has 1 aromatic rings. The minimum absolute atomic E-state index is 0.0533. The van der Waals surface area contributed by atoms with E-state index in [1.165, 1.54) is 11.1 Å². The maximum atomic E-state index is 5.91. The van der Waals surface area contributed by atoms with Crippen LogP contribution in [0.3, 0.4) is 0 Å². The standard InChI is InChI=1S/C16H28N2O/c1-6-19-15(16(3,4)5)14(18-17)11-13-9-7-12(2)8-10-13/h7-10,14-15,18H,6,11,17H2,1-5H3. The summed E-state index contributed by atoms with van der Waals surface area (Å²) >= 11 is 0. The molecule has 108 valence electrons. The van der Waals surface area contributed by atoms with Gasteiger partial charge in [0.15, 0.2) is 0 Å². The lowest BCUT2D eigenvalue weighted by Crippen LogP contribution is -2.52. The van der Waals surface area contributed by atoms with Crippen molar-refractivity contribution < 1.29 is 4.74 Å². The summed E-state index contributed by atoms with van der Waals surface area (Å²) in [4.78, 5) is 0. The van der Waals surface area contributed by atoms with Crippen molar-refractivity contribution in [2.24, 2.45) is 11.3 Å². The molecule has 0 aliphatic carbocycles. The summed E-state index contributed by atoms with van der Waals surface area (Å²) in [7, 11) is 0. The highest BCUT2D eigenvalue weighted by Crippen LogP contribution is 2.26. The number of nitrogens with one attached hydrogen (secondary N) is 1. The molecule has 1 aromatic carbocycles. The third kappa shape index (κ3) is 4.94. The van der Waals surface area contributed by atoms with Crippen molar-refractivity contribution in [1.29, 1.82) is 0 Å². The molecule has 1 rings (SSSR count). The van der Waals surface area contributed by atoms with Crippen molar-refractivity contribution >= 4 is 0 Å². The van der Waals surface area contributed by atoms with Gasteiger partial charge in [-0.25, -0.2) is 0 Å². The lowest BCUT2D eigenvalue weighted by Gasteiger charge is -2.36. The van der Waals surface area contributed by atoms with Gasteiger partial charge in [0.1, 0.15) is 0 Å². The molecule has 19 heavy (non-hydrogen) atoms. The Labute approximate surface area is 117 Å². The van der Waals surface area contributed by atoms with Crippen LogP contribution in [0.2, 0.25) is 0 Å². The fourth-order valence-corrected chi connectivity index (χ4v) is 2.38. The first-order valence-electron chi connectivity index (χ1n) is 7.01. The average molecular weight is 264 g/mol. The number of hydrogen-bond acceptors (Lipinski definition) is 3. The van der Waals surface area contributed by atoms with E-state index in [4.69, 9.17) is 10.6 Å². The van der Waals surface area contributed by atoms with Crippen molar-refractivity contribution in [2.75, 3.05) is 6.61 Å². The van der Waals surface area contributed by atoms with Gasteiger partial charge in [-0.05, 0) is 31.2 Å². The summed E-state index contributed by atoms with van der Waals surface area (Å²) in [6.07, 6.45) is 0.961. The van der Waals surface area contributed by atoms with E-state index in [-0.39, 0.29) is 17.6 Å². The van der Waals surface area contributed by atoms with Gasteiger partial charge in [-0.3, -0.25) is 11.3 Å². The Balaban J connectivity index is 2.82. The molecule has 3 nitrogen and oxygen atoms in total. The minimum Gasteiger partial charge on any atom is -0.376 e. The van der Waals surface area contributed by atoms with E-state index < -0.39 is 0 Å². The Morgan fingerprint density at radius 3 is 2.21 bits per heavy atom. The zero-order valence-corrected chi connectivity index (χ0v) is 12.9. The number of hydrogen-bond donors (Lipinski definition) is 2. The number of aryl methyl sites for hydroxylation is 1. The third-order valence-corrected chi connectivity index (χ3v) is 3.36. The van der Waals surface area contributed by atoms with Crippen molar-refractivity contribution in [1.82, 2.24) is 5.43 Å². The van der Waals surface area contributed by atoms with E-state index in [1.54, 1.807) is 0 Å². The van der Waals surface area contributed by atoms with Crippen LogP contribution in [0.15, 0.2) is 24.3 Å². The first-order valence-corrected chi connectivity index (χ1v) is 7.01. The van der Waals surface area contributed by atoms with Crippen LogP contribution in [0.5, 0.6) is 0 Å². The number of nitrogens with two attached hydrogens (primary N) is 1. The molecule has 3 heteroatoms. The van der Waals surface area contributed by atoms with Gasteiger partial charge in [0.2, 0.25) is 0 Å². The summed E-state index contributed by atoms with van der Waals surface area (Å²) in [5, 5.41) is 0. The number of rotatable bonds is 6. The van der Waals surface area contributed by atoms with Gasteiger partial charge >= 0.3 is 0 Å². The summed E-state index contributed by atoms with van der Waals surface area (Å²) in [5.41, 5.74) is 5.54. The maximum absolute atomic E-state index is 5.91. The Kier molecular flexibility index (Phi) is 5.98. The molecule has 0 aromatic heterocycles. The van der Waals surface area contributed by atoms with E-state index in [2.05, 4.69) is 57.4 Å². The SMILES string of the molecule is CCOC(C(Cc1ccc(C)cc1)NN)C(C)(C)C. The number of hydrazine groups is 1. The predicted octanol–water partition coefficient (Wildman–Crippen LogP) is 2.82. The first kappa shape index (κ1) is 16.2. The fraction of sp³-hybridized carbons (Fsp3) is 0.625. The second-order valence-corrected chi connectivity index (χ2v) is 6.20. The van der Waals surface area contributed by atoms with Crippen LogP contribution in [0.25, 0.3) is 0 Å². The molecule has 0 aliphatic heterocycles. The largest absolute Gasteiger partial charge is 0.376 e. The quantitative estimate of drug-likeness (QED) is 0.613. The van der Waals surface area contributed by atoms with Gasteiger partial charge < -0.3 is 4.74 Å². The van der Waals surface area contributed by atoms with Gasteiger partial charge in [-0.1, -0.05) is 50.6 Å². The van der Waals surface area contributed by atoms with E-state index in [1.807, 2.05) is 6.92 Å². The van der Waals surface area contributed by atoms with Crippen molar-refractivity contribution in [3.8, 4) is 0 Å². The Morgan fingerprint density at radius 1 is 1.21 bits per heavy atom. The Bertz CT molecular complexity index is 367. The van der Waals surface area contributed by atoms with Crippen LogP contribution in [0.4, 0.5) is 0 Å². The van der Waals surface area contributed by atoms with Crippen LogP contribution in [-0.4, -0.2) is 18.8 Å². The average Bonchev–Trinajstić information content (AvgIpc) is 2.34. The number of benzene rings is 1. The van der Waals surface area contributed by atoms with Crippen LogP contribution < -0.4 is 11.3 Å². The maximum Gasteiger partial charge on any atom is 0.0792 e. The highest BCUT2D eigenvalue weighted by atomic mass is 16.5. The summed E-state index contributed by atoms with van der Waals surface area (Å²) in [5.74, 6) is 5.75. The van der Waals surface area contributed by atoms with Gasteiger partial charge in [0, 0.05) is 6.61 Å². The molecule has 0 aliphatic rings. The number of ether oxygens (including phenoxy) is 1. The zero-order valence-electron chi connectivity index (χ0n) is 12.9. The van der Waals surface area contributed by atoms with Crippen LogP contribution in [0, 0.1) is 12.3 Å². The van der Waals surface area contributed by atoms with Crippen molar-refractivity contribution in [2.45, 2.75) is 53.2 Å². The minimum atomic E-state index is 0.0533. The molecule has 3 N–H and O–H groups in total. The first-order chi connectivity index (χ1) is 8.88. The molecular formula is C16H28N2O. The smallest absolute Gasteiger partial charge is 0.0792 e. The van der Waals surface area contributed by atoms with Crippen molar-refractivity contribution in [3.63, 3.8) is 0 Å². The third-order valence-electron chi connectivity index (χ3n) is 3.36. The topological polar surface area (TPSA) is 47.3 Å². The molecule has 0 bridgehead atoms. The van der Waals surface area contributed by atoms with E-state index in [9.17, 15) is 0 Å². The monoisotopic (exact) mass is 264 g/mol. The Morgan fingerprint density at radius 2 is 1.79 bits per heavy atom. The van der Waals surface area contributed by atoms with Crippen molar-refractivity contribution in [3.05, 3.63) is 35.4 Å². The lowest BCUT2D eigenvalue weighted by molar-refractivity contribution is -0.0356. The predicted molar refractivity (Wildman–Crippen MR) is 80.9 cm³/mol. The van der Waals surface area contributed by atoms with E-state index in [0.717, 1.165) is 6.42 Å². The van der Waals surface area contributed by atoms with Gasteiger partial charge in [0.05, 0.1) is 12.1 Å². The summed E-state index contributed by atoms with van der Waals surface area (Å²) < 4.78 is 5.91. The fourth-order valence-electron chi connectivity index (χ4n) is 2.38. The van der Waals surface area contributed by atoms with Gasteiger partial charge in [0.25, 0.3) is 0 Å². The zero-order chi connectivity index (χ0) is 14.5. The molecule has 2 unspecified atom stereocenters. The van der Waals surface area contributed by atoms with Crippen LogP contribution in [-0.2, 0) is 11.2 Å². The molecule has 0 spiro atoms. The van der Waals surface area contributed by atoms with Gasteiger partial charge in [-0.15, -0.1) is 0 Å². The van der Waals surface area contributed by atoms with Gasteiger partial charge in [-0.2, -0.15) is 0 Å². The molecule has 2 atom stereocenters. The molecule has 0 saturated heterocycles. The highest BCUT2D eigenvalue weighted by molar-refractivity contribution is 5.22. The molecule has 0 fully saturated rings. The second-order valence-electron chi connectivity index (χ2n) is 6.20. The molecule has 0 saturated carbocycles. The molecular weight excluding hydrogens is 236 g/mol. The van der Waals surface area contributed by atoms with E-state index in [0.29, 0.717) is 6.61 Å². The second kappa shape index (κ2) is 7.04. The Hall–Kier alpha value is -0.900. The molecule has 0 heterocycles. The normalized spacial score (nSPS) is 15.3. The summed E-state index contributed by atoms with van der Waals surface area (Å²) in [6.45, 7) is 11.4. The van der Waals surface area contributed by atoms with Crippen LogP contribution in [0.1, 0.15) is 38.8 Å². The molecule has 0 amide bonds. The summed E-state index contributed by atoms with van der Waals surface area (Å²) in [6, 6.07) is 8.70. The highest BCUT2D eigenvalue weighted by Gasteiger charge is 2.32. The van der Waals surface area contributed by atoms with E-state index >= 15 is 0 Å². The van der Waals surface area contributed by atoms with Crippen LogP contribution >= 0.6 is 0 Å².